The van der Waals surface area contributed by atoms with E-state index < -0.39 is 11.6 Å². The molecule has 0 aliphatic rings. The van der Waals surface area contributed by atoms with E-state index in [1.807, 2.05) is 20.8 Å². The Morgan fingerprint density at radius 1 is 1.17 bits per heavy atom. The van der Waals surface area contributed by atoms with Crippen molar-refractivity contribution < 1.29 is 47.0 Å². The van der Waals surface area contributed by atoms with E-state index in [-0.39, 0.29) is 38.6 Å². The maximum Gasteiger partial charge on any atom is 0.339 e. The van der Waals surface area contributed by atoms with E-state index >= 15 is 0 Å². The van der Waals surface area contributed by atoms with Crippen LogP contribution in [0.1, 0.15) is 36.7 Å². The van der Waals surface area contributed by atoms with Crippen LogP contribution in [-0.2, 0) is 42.2 Å². The largest absolute Gasteiger partial charge is 0.456 e. The van der Waals surface area contributed by atoms with Gasteiger partial charge in [0.25, 0.3) is 0 Å². The van der Waals surface area contributed by atoms with Gasteiger partial charge in [-0.15, -0.1) is 13.1 Å². The maximum absolute atomic E-state index is 12.2. The van der Waals surface area contributed by atoms with Gasteiger partial charge in [0.1, 0.15) is 5.60 Å². The van der Waals surface area contributed by atoms with Crippen molar-refractivity contribution in [3.05, 3.63) is 55.3 Å². The van der Waals surface area contributed by atoms with E-state index in [0.29, 0.717) is 24.2 Å². The molecule has 1 amide bonds. The molecule has 1 radical (unpaired) electrons. The summed E-state index contributed by atoms with van der Waals surface area (Å²) in [5.41, 5.74) is 0.498. The Labute approximate surface area is 164 Å². The van der Waals surface area contributed by atoms with E-state index in [1.165, 1.54) is 11.0 Å². The van der Waals surface area contributed by atoms with Crippen LogP contribution in [0, 0.1) is 13.8 Å². The molecule has 0 saturated carbocycles. The molecule has 123 valence electrons. The van der Waals surface area contributed by atoms with Crippen molar-refractivity contribution in [1.29, 1.82) is 0 Å². The standard InChI is InChI=1S/C18H23NO3.Y/c1-6-19(7-2)16(20)13-12-14-10-8-9-11-15(14)17(21)22-18(3,4)5;/h8-13H,1-2,6-7H2,3-5H3;/q-2;/b13-12+;. The van der Waals surface area contributed by atoms with Gasteiger partial charge in [-0.2, -0.15) is 0 Å². The van der Waals surface area contributed by atoms with Crippen LogP contribution in [0.2, 0.25) is 0 Å². The van der Waals surface area contributed by atoms with E-state index in [1.54, 1.807) is 30.3 Å². The van der Waals surface area contributed by atoms with Crippen LogP contribution in [0.5, 0.6) is 0 Å². The molecule has 0 aliphatic heterocycles. The molecule has 0 aromatic heterocycles. The molecule has 5 heteroatoms. The minimum Gasteiger partial charge on any atom is -0.456 e. The second-order valence-corrected chi connectivity index (χ2v) is 5.75. The van der Waals surface area contributed by atoms with E-state index in [4.69, 9.17) is 4.74 Å². The van der Waals surface area contributed by atoms with Crippen molar-refractivity contribution in [3.8, 4) is 0 Å². The Balaban J connectivity index is 0.00000484. The molecule has 0 atom stereocenters. The van der Waals surface area contributed by atoms with Gasteiger partial charge in [-0.25, -0.2) is 4.79 Å². The van der Waals surface area contributed by atoms with Gasteiger partial charge in [0.05, 0.1) is 5.56 Å². The monoisotopic (exact) mass is 390 g/mol. The van der Waals surface area contributed by atoms with Crippen LogP contribution in [0.25, 0.3) is 6.08 Å². The Hall–Kier alpha value is -0.996. The van der Waals surface area contributed by atoms with Gasteiger partial charge in [-0.05, 0) is 38.5 Å². The van der Waals surface area contributed by atoms with E-state index in [9.17, 15) is 9.59 Å². The first-order chi connectivity index (χ1) is 10.3. The van der Waals surface area contributed by atoms with Gasteiger partial charge >= 0.3 is 5.97 Å². The summed E-state index contributed by atoms with van der Waals surface area (Å²) >= 11 is 0. The molecule has 0 spiro atoms. The quantitative estimate of drug-likeness (QED) is 0.441. The summed E-state index contributed by atoms with van der Waals surface area (Å²) in [5, 5.41) is 0. The molecule has 1 aromatic carbocycles. The second kappa shape index (κ2) is 9.99. The van der Waals surface area contributed by atoms with Crippen molar-refractivity contribution in [2.75, 3.05) is 13.1 Å². The molecule has 1 aromatic rings. The SMILES string of the molecule is [CH2-]CN(C[CH2-])C(=O)/C=C/c1ccccc1C(=O)OC(C)(C)C.[Y]. The third-order valence-corrected chi connectivity index (χ3v) is 2.84. The average molecular weight is 390 g/mol. The van der Waals surface area contributed by atoms with E-state index in [0.717, 1.165) is 0 Å². The van der Waals surface area contributed by atoms with Gasteiger partial charge in [0, 0.05) is 38.8 Å². The number of amides is 1. The van der Waals surface area contributed by atoms with E-state index in [2.05, 4.69) is 13.8 Å². The number of hydrogen-bond donors (Lipinski definition) is 0. The minimum absolute atomic E-state index is 0. The fraction of sp³-hybridized carbons (Fsp3) is 0.333. The van der Waals surface area contributed by atoms with Gasteiger partial charge in [-0.3, -0.25) is 4.79 Å². The molecular weight excluding hydrogens is 367 g/mol. The normalized spacial score (nSPS) is 11.0. The van der Waals surface area contributed by atoms with Gasteiger partial charge < -0.3 is 23.5 Å². The summed E-state index contributed by atoms with van der Waals surface area (Å²) in [7, 11) is 0. The van der Waals surface area contributed by atoms with Gasteiger partial charge in [-0.1, -0.05) is 18.2 Å². The summed E-state index contributed by atoms with van der Waals surface area (Å²) < 4.78 is 5.37. The predicted octanol–water partition coefficient (Wildman–Crippen LogP) is 3.15. The first kappa shape index (κ1) is 22.0. The van der Waals surface area contributed by atoms with Crippen LogP contribution >= 0.6 is 0 Å². The fourth-order valence-electron chi connectivity index (χ4n) is 1.76. The predicted molar refractivity (Wildman–Crippen MR) is 87.9 cm³/mol. The number of esters is 1. The summed E-state index contributed by atoms with van der Waals surface area (Å²) in [6.45, 7) is 13.5. The van der Waals surface area contributed by atoms with Crippen LogP contribution in [0.3, 0.4) is 0 Å². The van der Waals surface area contributed by atoms with Crippen LogP contribution in [0.4, 0.5) is 0 Å². The first-order valence-corrected chi connectivity index (χ1v) is 7.16. The smallest absolute Gasteiger partial charge is 0.339 e. The summed E-state index contributed by atoms with van der Waals surface area (Å²) in [6, 6.07) is 7.01. The van der Waals surface area contributed by atoms with Crippen LogP contribution in [-0.4, -0.2) is 35.5 Å². The number of ether oxygens (including phenoxy) is 1. The molecule has 0 heterocycles. The van der Waals surface area contributed by atoms with Crippen molar-refractivity contribution >= 4 is 18.0 Å². The summed E-state index contributed by atoms with van der Waals surface area (Å²) in [6.07, 6.45) is 3.03. The Morgan fingerprint density at radius 3 is 2.26 bits per heavy atom. The van der Waals surface area contributed by atoms with Gasteiger partial charge in [0.15, 0.2) is 0 Å². The van der Waals surface area contributed by atoms with Crippen molar-refractivity contribution in [2.24, 2.45) is 0 Å². The molecule has 4 nitrogen and oxygen atoms in total. The topological polar surface area (TPSA) is 46.6 Å². The molecule has 1 rings (SSSR count). The van der Waals surface area contributed by atoms with Crippen LogP contribution in [0.15, 0.2) is 30.3 Å². The second-order valence-electron chi connectivity index (χ2n) is 5.75. The molecule has 0 N–H and O–H groups in total. The van der Waals surface area contributed by atoms with Crippen molar-refractivity contribution in [2.45, 2.75) is 26.4 Å². The number of carbonyl (C=O) groups is 2. The van der Waals surface area contributed by atoms with Crippen molar-refractivity contribution in [3.63, 3.8) is 0 Å². The van der Waals surface area contributed by atoms with Gasteiger partial charge in [0.2, 0.25) is 5.91 Å². The minimum atomic E-state index is -0.567. The maximum atomic E-state index is 12.2. The molecule has 0 aliphatic carbocycles. The van der Waals surface area contributed by atoms with Crippen LogP contribution < -0.4 is 0 Å². The molecule has 23 heavy (non-hydrogen) atoms. The molecule has 0 saturated heterocycles. The summed E-state index contributed by atoms with van der Waals surface area (Å²) in [4.78, 5) is 25.6. The zero-order valence-electron chi connectivity index (χ0n) is 14.0. The first-order valence-electron chi connectivity index (χ1n) is 7.16. The number of rotatable bonds is 5. The number of nitrogens with zero attached hydrogens (tertiary/aromatic N) is 1. The third kappa shape index (κ3) is 7.41. The number of hydrogen-bond acceptors (Lipinski definition) is 3. The molecule has 0 unspecified atom stereocenters. The zero-order valence-corrected chi connectivity index (χ0v) is 16.9. The summed E-state index contributed by atoms with van der Waals surface area (Å²) in [5.74, 6) is -0.602. The zero-order chi connectivity index (χ0) is 16.8. The average Bonchev–Trinajstić information content (AvgIpc) is 2.45. The van der Waals surface area contributed by atoms with Crippen molar-refractivity contribution in [1.82, 2.24) is 4.90 Å². The fourth-order valence-corrected chi connectivity index (χ4v) is 1.76. The third-order valence-electron chi connectivity index (χ3n) is 2.84. The molecule has 0 fully saturated rings. The number of carbonyl (C=O) groups excluding carboxylic acids is 2. The Kier molecular flexibility index (Phi) is 9.56. The Morgan fingerprint density at radius 2 is 1.74 bits per heavy atom. The molecular formula is C18H23NO3Y-2. The number of benzene rings is 1. The Bertz CT molecular complexity index is 558. The molecule has 0 bridgehead atoms.